The minimum absolute atomic E-state index is 0.0108. The summed E-state index contributed by atoms with van der Waals surface area (Å²) in [6.07, 6.45) is 2.61. The Kier molecular flexibility index (Phi) is 7.33. The number of alkyl halides is 1. The Bertz CT molecular complexity index is 2160. The number of nitrogens with zero attached hydrogens (tertiary/aromatic N) is 2. The van der Waals surface area contributed by atoms with Crippen LogP contribution in [0.3, 0.4) is 0 Å². The second kappa shape index (κ2) is 11.7. The maximum atomic E-state index is 14.1. The van der Waals surface area contributed by atoms with Crippen LogP contribution in [0.1, 0.15) is 32.6 Å². The van der Waals surface area contributed by atoms with E-state index in [4.69, 9.17) is 21.1 Å². The van der Waals surface area contributed by atoms with Crippen molar-refractivity contribution in [1.82, 2.24) is 0 Å². The minimum atomic E-state index is -0.932. The number of amides is 1. The number of aliphatic imine (C=N–C) groups is 1. The van der Waals surface area contributed by atoms with E-state index in [1.807, 2.05) is 72.9 Å². The standard InChI is InChI=1S/C39H32ClN3O5/c1-47-26-12-13-31-29(17-26)38(46)43-25(19-41-31)16-30-33(43)10-5-11-35(30)48-20-24-7-4-6-23(14-24)15-36(45)39(21-40)22-42-32-18-34(44)27-8-2-3-9-28(27)37(32)39/h2-14,17-19,25,42,44H,15-16,20-22H2,1H3/t25?,39-/m1/s1. The number of ether oxygens (including phenoxy) is 2. The van der Waals surface area contributed by atoms with E-state index in [9.17, 15) is 14.7 Å². The molecule has 3 aliphatic heterocycles. The first-order valence-electron chi connectivity index (χ1n) is 15.9. The van der Waals surface area contributed by atoms with Crippen LogP contribution >= 0.6 is 11.6 Å². The number of ketones is 1. The van der Waals surface area contributed by atoms with Gasteiger partial charge < -0.3 is 19.9 Å². The molecule has 48 heavy (non-hydrogen) atoms. The first kappa shape index (κ1) is 30.0. The zero-order chi connectivity index (χ0) is 33.0. The number of aromatic hydroxyl groups is 1. The Morgan fingerprint density at radius 1 is 1.02 bits per heavy atom. The molecule has 5 aromatic rings. The molecule has 3 heterocycles. The van der Waals surface area contributed by atoms with Crippen LogP contribution in [0.5, 0.6) is 17.2 Å². The topological polar surface area (TPSA) is 100 Å². The van der Waals surface area contributed by atoms with Crippen molar-refractivity contribution in [3.63, 3.8) is 0 Å². The number of phenolic OH excluding ortho intramolecular Hbond substituents is 1. The number of Topliss-reactive ketones (excluding diaryl/α,β-unsaturated/α-hetero) is 1. The maximum absolute atomic E-state index is 14.1. The number of halogens is 1. The van der Waals surface area contributed by atoms with Crippen molar-refractivity contribution in [2.24, 2.45) is 4.99 Å². The third-order valence-corrected chi connectivity index (χ3v) is 10.2. The molecule has 8 nitrogen and oxygen atoms in total. The number of hydrogen-bond acceptors (Lipinski definition) is 7. The van der Waals surface area contributed by atoms with E-state index in [1.165, 1.54) is 0 Å². The van der Waals surface area contributed by atoms with Gasteiger partial charge in [-0.15, -0.1) is 11.6 Å². The lowest BCUT2D eigenvalue weighted by atomic mass is 9.76. The number of rotatable bonds is 8. The van der Waals surface area contributed by atoms with E-state index in [0.29, 0.717) is 47.7 Å². The Balaban J connectivity index is 1.02. The zero-order valence-electron chi connectivity index (χ0n) is 26.2. The van der Waals surface area contributed by atoms with Gasteiger partial charge in [-0.2, -0.15) is 0 Å². The predicted molar refractivity (Wildman–Crippen MR) is 188 cm³/mol. The molecule has 0 aromatic heterocycles. The smallest absolute Gasteiger partial charge is 0.261 e. The number of anilines is 2. The average molecular weight is 658 g/mol. The van der Waals surface area contributed by atoms with Crippen LogP contribution in [0.2, 0.25) is 0 Å². The normalized spacial score (nSPS) is 18.8. The quantitative estimate of drug-likeness (QED) is 0.172. The third-order valence-electron chi connectivity index (χ3n) is 9.75. The average Bonchev–Trinajstić information content (AvgIpc) is 3.65. The van der Waals surface area contributed by atoms with Gasteiger partial charge in [0.15, 0.2) is 5.78 Å². The molecule has 2 N–H and O–H groups in total. The van der Waals surface area contributed by atoms with Gasteiger partial charge in [0.25, 0.3) is 5.91 Å². The maximum Gasteiger partial charge on any atom is 0.261 e. The van der Waals surface area contributed by atoms with Crippen LogP contribution in [-0.4, -0.2) is 48.6 Å². The van der Waals surface area contributed by atoms with E-state index < -0.39 is 5.41 Å². The zero-order valence-corrected chi connectivity index (χ0v) is 27.0. The van der Waals surface area contributed by atoms with Crippen molar-refractivity contribution in [3.8, 4) is 17.2 Å². The van der Waals surface area contributed by atoms with Crippen molar-refractivity contribution in [2.45, 2.75) is 30.9 Å². The molecule has 0 radical (unpaired) electrons. The summed E-state index contributed by atoms with van der Waals surface area (Å²) in [6, 6.07) is 28.0. The van der Waals surface area contributed by atoms with Gasteiger partial charge in [0.1, 0.15) is 23.9 Å². The molecule has 1 amide bonds. The Morgan fingerprint density at radius 3 is 2.67 bits per heavy atom. The summed E-state index contributed by atoms with van der Waals surface area (Å²) in [6.45, 7) is 0.657. The number of benzene rings is 5. The number of methoxy groups -OCH3 is 1. The molecule has 0 aliphatic carbocycles. The number of fused-ring (bicyclic) bond motifs is 7. The van der Waals surface area contributed by atoms with Crippen LogP contribution in [0.25, 0.3) is 10.8 Å². The predicted octanol–water partition coefficient (Wildman–Crippen LogP) is 7.13. The molecule has 8 rings (SSSR count). The molecule has 0 fully saturated rings. The van der Waals surface area contributed by atoms with E-state index in [1.54, 1.807) is 36.3 Å². The van der Waals surface area contributed by atoms with Gasteiger partial charge in [-0.1, -0.05) is 54.6 Å². The van der Waals surface area contributed by atoms with Gasteiger partial charge in [0, 0.05) is 54.2 Å². The highest BCUT2D eigenvalue weighted by Gasteiger charge is 2.46. The SMILES string of the molecule is COc1ccc2c(c1)C(=O)N1c3cccc(OCc4cccc(CC(=O)[C@@]5(CCl)CNc6cc(O)c7ccccc7c65)c4)c3CC1C=N2. The monoisotopic (exact) mass is 657 g/mol. The van der Waals surface area contributed by atoms with E-state index in [-0.39, 0.29) is 35.8 Å². The second-order valence-electron chi connectivity index (χ2n) is 12.5. The fourth-order valence-electron chi connectivity index (χ4n) is 7.32. The molecular weight excluding hydrogens is 626 g/mol. The second-order valence-corrected chi connectivity index (χ2v) is 12.8. The van der Waals surface area contributed by atoms with Gasteiger partial charge in [-0.25, -0.2) is 0 Å². The van der Waals surface area contributed by atoms with Gasteiger partial charge in [0.2, 0.25) is 0 Å². The molecule has 3 aliphatic rings. The molecular formula is C39H32ClN3O5. The van der Waals surface area contributed by atoms with Crippen molar-refractivity contribution in [2.75, 3.05) is 29.8 Å². The summed E-state index contributed by atoms with van der Waals surface area (Å²) in [5.74, 6) is 1.48. The first-order chi connectivity index (χ1) is 23.4. The number of phenols is 1. The molecule has 2 atom stereocenters. The van der Waals surface area contributed by atoms with Crippen LogP contribution in [0.4, 0.5) is 17.1 Å². The molecule has 240 valence electrons. The number of hydrogen-bond donors (Lipinski definition) is 2. The number of nitrogens with one attached hydrogen (secondary N) is 1. The summed E-state index contributed by atoms with van der Waals surface area (Å²) >= 11 is 6.61. The molecule has 0 saturated carbocycles. The van der Waals surface area contributed by atoms with Crippen LogP contribution in [0.15, 0.2) is 96.0 Å². The number of carbonyl (C=O) groups excluding carboxylic acids is 2. The van der Waals surface area contributed by atoms with Crippen LogP contribution in [0, 0.1) is 0 Å². The summed E-state index contributed by atoms with van der Waals surface area (Å²) in [5.41, 5.74) is 5.31. The Hall–Kier alpha value is -5.34. The van der Waals surface area contributed by atoms with Gasteiger partial charge in [-0.05, 0) is 52.4 Å². The molecule has 0 bridgehead atoms. The Morgan fingerprint density at radius 2 is 1.83 bits per heavy atom. The minimum Gasteiger partial charge on any atom is -0.507 e. The first-order valence-corrected chi connectivity index (χ1v) is 16.4. The Labute approximate surface area is 282 Å². The lowest BCUT2D eigenvalue weighted by Crippen LogP contribution is -2.41. The van der Waals surface area contributed by atoms with Crippen LogP contribution < -0.4 is 19.7 Å². The highest BCUT2D eigenvalue weighted by Crippen LogP contribution is 2.47. The lowest BCUT2D eigenvalue weighted by molar-refractivity contribution is -0.122. The number of carbonyl (C=O) groups is 2. The van der Waals surface area contributed by atoms with Crippen molar-refractivity contribution in [3.05, 3.63) is 119 Å². The van der Waals surface area contributed by atoms with Crippen LogP contribution in [-0.2, 0) is 29.7 Å². The fourth-order valence-corrected chi connectivity index (χ4v) is 7.70. The van der Waals surface area contributed by atoms with Crippen molar-refractivity contribution in [1.29, 1.82) is 0 Å². The van der Waals surface area contributed by atoms with Gasteiger partial charge in [-0.3, -0.25) is 19.5 Å². The van der Waals surface area contributed by atoms with Gasteiger partial charge >= 0.3 is 0 Å². The van der Waals surface area contributed by atoms with E-state index >= 15 is 0 Å². The third kappa shape index (κ3) is 4.78. The van der Waals surface area contributed by atoms with E-state index in [2.05, 4.69) is 10.3 Å². The molecule has 1 unspecified atom stereocenters. The summed E-state index contributed by atoms with van der Waals surface area (Å²) in [4.78, 5) is 34.3. The lowest BCUT2D eigenvalue weighted by Gasteiger charge is -2.27. The molecule has 0 spiro atoms. The molecule has 5 aromatic carbocycles. The highest BCUT2D eigenvalue weighted by molar-refractivity contribution is 6.22. The van der Waals surface area contributed by atoms with E-state index in [0.717, 1.165) is 39.0 Å². The summed E-state index contributed by atoms with van der Waals surface area (Å²) in [5, 5.41) is 15.4. The van der Waals surface area contributed by atoms with Crippen molar-refractivity contribution < 1.29 is 24.2 Å². The molecule has 0 saturated heterocycles. The molecule has 9 heteroatoms. The fraction of sp³-hybridized carbons (Fsp3) is 0.205. The largest absolute Gasteiger partial charge is 0.507 e. The van der Waals surface area contributed by atoms with Gasteiger partial charge in [0.05, 0.1) is 35.5 Å². The van der Waals surface area contributed by atoms with Crippen molar-refractivity contribution >= 4 is 57.3 Å². The highest BCUT2D eigenvalue weighted by atomic mass is 35.5. The summed E-state index contributed by atoms with van der Waals surface area (Å²) < 4.78 is 11.7. The summed E-state index contributed by atoms with van der Waals surface area (Å²) in [7, 11) is 1.58.